The zero-order valence-electron chi connectivity index (χ0n) is 17.2. The number of hydrogen-bond donors (Lipinski definition) is 2. The highest BCUT2D eigenvalue weighted by Crippen LogP contribution is 2.15. The van der Waals surface area contributed by atoms with Crippen molar-refractivity contribution in [2.45, 2.75) is 26.6 Å². The van der Waals surface area contributed by atoms with Crippen LogP contribution in [0.1, 0.15) is 33.0 Å². The van der Waals surface area contributed by atoms with Gasteiger partial charge in [0.2, 0.25) is 0 Å². The van der Waals surface area contributed by atoms with E-state index in [1.165, 1.54) is 12.7 Å². The van der Waals surface area contributed by atoms with E-state index in [9.17, 15) is 4.79 Å². The molecule has 8 nitrogen and oxygen atoms in total. The van der Waals surface area contributed by atoms with E-state index in [0.29, 0.717) is 42.7 Å². The summed E-state index contributed by atoms with van der Waals surface area (Å²) in [6, 6.07) is 11.8. The number of rotatable bonds is 7. The molecule has 0 aliphatic rings. The Labute approximate surface area is 192 Å². The van der Waals surface area contributed by atoms with E-state index in [1.807, 2.05) is 29.1 Å². The molecule has 0 aliphatic carbocycles. The summed E-state index contributed by atoms with van der Waals surface area (Å²) in [5.74, 6) is 1.38. The average Bonchev–Trinajstić information content (AvgIpc) is 3.38. The average molecular weight is 523 g/mol. The van der Waals surface area contributed by atoms with Gasteiger partial charge in [0.1, 0.15) is 17.1 Å². The number of aryl methyl sites for hydroxylation is 1. The smallest absolute Gasteiger partial charge is 0.341 e. The van der Waals surface area contributed by atoms with Gasteiger partial charge in [0.05, 0.1) is 20.2 Å². The molecule has 0 fully saturated rings. The number of nitrogens with one attached hydrogen (secondary N) is 2. The highest BCUT2D eigenvalue weighted by Gasteiger charge is 2.15. The summed E-state index contributed by atoms with van der Waals surface area (Å²) in [7, 11) is 3.06. The summed E-state index contributed by atoms with van der Waals surface area (Å²) < 4.78 is 12.3. The molecule has 0 bridgehead atoms. The molecule has 0 aliphatic heterocycles. The highest BCUT2D eigenvalue weighted by molar-refractivity contribution is 14.0. The first kappa shape index (κ1) is 23.5. The maximum absolute atomic E-state index is 11.7. The van der Waals surface area contributed by atoms with Gasteiger partial charge in [-0.05, 0) is 30.2 Å². The molecule has 3 aromatic rings. The number of halogens is 1. The third kappa shape index (κ3) is 6.09. The number of nitrogens with zero attached hydrogens (tertiary/aromatic N) is 3. The van der Waals surface area contributed by atoms with Gasteiger partial charge in [-0.15, -0.1) is 24.0 Å². The monoisotopic (exact) mass is 523 g/mol. The minimum atomic E-state index is -0.409. The van der Waals surface area contributed by atoms with Gasteiger partial charge in [0.15, 0.2) is 5.96 Å². The Bertz CT molecular complexity index is 982. The Hall–Kier alpha value is -2.82. The van der Waals surface area contributed by atoms with E-state index in [1.54, 1.807) is 26.2 Å². The lowest BCUT2D eigenvalue weighted by Gasteiger charge is -2.14. The summed E-state index contributed by atoms with van der Waals surface area (Å²) in [6.07, 6.45) is 3.72. The number of benzene rings is 1. The first-order valence-electron chi connectivity index (χ1n) is 9.27. The van der Waals surface area contributed by atoms with E-state index in [2.05, 4.69) is 32.9 Å². The molecular formula is C21H26IN5O3. The SMILES string of the molecule is CN=C(NCc1cc(C(=O)OC)c(C)o1)NCc1ccccc1Cn1cccn1.I. The Morgan fingerprint density at radius 2 is 1.93 bits per heavy atom. The van der Waals surface area contributed by atoms with E-state index >= 15 is 0 Å². The molecule has 0 amide bonds. The van der Waals surface area contributed by atoms with Crippen LogP contribution in [-0.2, 0) is 24.4 Å². The van der Waals surface area contributed by atoms with Crippen LogP contribution in [0.3, 0.4) is 0 Å². The van der Waals surface area contributed by atoms with Crippen molar-refractivity contribution in [3.8, 4) is 0 Å². The number of aromatic nitrogens is 2. The lowest BCUT2D eigenvalue weighted by molar-refractivity contribution is 0.0599. The van der Waals surface area contributed by atoms with Crippen molar-refractivity contribution in [3.63, 3.8) is 0 Å². The molecule has 9 heteroatoms. The van der Waals surface area contributed by atoms with Crippen LogP contribution in [0.2, 0.25) is 0 Å². The molecule has 0 unspecified atom stereocenters. The number of carbonyl (C=O) groups excluding carboxylic acids is 1. The maximum Gasteiger partial charge on any atom is 0.341 e. The summed E-state index contributed by atoms with van der Waals surface area (Å²) in [4.78, 5) is 15.9. The minimum Gasteiger partial charge on any atom is -0.465 e. The van der Waals surface area contributed by atoms with Crippen LogP contribution in [0.5, 0.6) is 0 Å². The molecule has 30 heavy (non-hydrogen) atoms. The number of carbonyl (C=O) groups is 1. The number of esters is 1. The number of aliphatic imine (C=N–C) groups is 1. The zero-order valence-corrected chi connectivity index (χ0v) is 19.5. The van der Waals surface area contributed by atoms with Crippen LogP contribution in [-0.4, -0.2) is 35.9 Å². The van der Waals surface area contributed by atoms with E-state index in [0.717, 1.165) is 5.56 Å². The quantitative estimate of drug-likeness (QED) is 0.214. The van der Waals surface area contributed by atoms with Crippen molar-refractivity contribution in [3.05, 3.63) is 77.0 Å². The second kappa shape index (κ2) is 11.4. The van der Waals surface area contributed by atoms with Gasteiger partial charge in [-0.2, -0.15) is 5.10 Å². The predicted molar refractivity (Wildman–Crippen MR) is 125 cm³/mol. The van der Waals surface area contributed by atoms with E-state index in [-0.39, 0.29) is 24.0 Å². The van der Waals surface area contributed by atoms with Gasteiger partial charge < -0.3 is 19.8 Å². The second-order valence-electron chi connectivity index (χ2n) is 6.43. The van der Waals surface area contributed by atoms with Crippen LogP contribution in [0.15, 0.2) is 58.2 Å². The Kier molecular flexibility index (Phi) is 8.90. The Balaban J connectivity index is 0.00000320. The molecule has 2 aromatic heterocycles. The van der Waals surface area contributed by atoms with Gasteiger partial charge >= 0.3 is 5.97 Å². The number of furan rings is 1. The molecule has 0 atom stereocenters. The zero-order chi connectivity index (χ0) is 20.6. The molecule has 0 radical (unpaired) electrons. The van der Waals surface area contributed by atoms with Crippen LogP contribution in [0.25, 0.3) is 0 Å². The summed E-state index contributed by atoms with van der Waals surface area (Å²) in [5.41, 5.74) is 2.77. The Morgan fingerprint density at radius 1 is 1.20 bits per heavy atom. The summed E-state index contributed by atoms with van der Waals surface area (Å²) in [6.45, 7) is 3.45. The van der Waals surface area contributed by atoms with Crippen molar-refractivity contribution in [2.75, 3.05) is 14.2 Å². The lowest BCUT2D eigenvalue weighted by Crippen LogP contribution is -2.36. The molecule has 0 saturated heterocycles. The number of methoxy groups -OCH3 is 1. The first-order valence-corrected chi connectivity index (χ1v) is 9.27. The molecule has 0 saturated carbocycles. The summed E-state index contributed by atoms with van der Waals surface area (Å²) in [5, 5.41) is 10.8. The lowest BCUT2D eigenvalue weighted by atomic mass is 10.1. The molecule has 1 aromatic carbocycles. The van der Waals surface area contributed by atoms with Crippen molar-refractivity contribution in [2.24, 2.45) is 4.99 Å². The van der Waals surface area contributed by atoms with Crippen LogP contribution in [0, 0.1) is 6.92 Å². The largest absolute Gasteiger partial charge is 0.465 e. The predicted octanol–water partition coefficient (Wildman–Crippen LogP) is 3.10. The first-order chi connectivity index (χ1) is 14.1. The minimum absolute atomic E-state index is 0. The highest BCUT2D eigenvalue weighted by atomic mass is 127. The van der Waals surface area contributed by atoms with E-state index in [4.69, 9.17) is 9.15 Å². The third-order valence-electron chi connectivity index (χ3n) is 4.48. The van der Waals surface area contributed by atoms with Crippen LogP contribution in [0.4, 0.5) is 0 Å². The fourth-order valence-corrected chi connectivity index (χ4v) is 2.97. The maximum atomic E-state index is 11.7. The fraction of sp³-hybridized carbons (Fsp3) is 0.286. The topological polar surface area (TPSA) is 93.7 Å². The number of guanidine groups is 1. The fourth-order valence-electron chi connectivity index (χ4n) is 2.97. The molecule has 2 N–H and O–H groups in total. The normalized spacial score (nSPS) is 11.0. The summed E-state index contributed by atoms with van der Waals surface area (Å²) >= 11 is 0. The molecule has 2 heterocycles. The second-order valence-corrected chi connectivity index (χ2v) is 6.43. The number of hydrogen-bond acceptors (Lipinski definition) is 5. The molecular weight excluding hydrogens is 497 g/mol. The van der Waals surface area contributed by atoms with Gasteiger partial charge in [-0.3, -0.25) is 9.67 Å². The standard InChI is InChI=1S/C21H25N5O3.HI/c1-15-19(20(27)28-3)11-18(29-15)13-24-21(22-2)23-12-16-7-4-5-8-17(16)14-26-10-6-9-25-26;/h4-11H,12-14H2,1-3H3,(H2,22,23,24);1H. The molecule has 3 rings (SSSR count). The molecule has 160 valence electrons. The van der Waals surface area contributed by atoms with Crippen molar-refractivity contribution >= 4 is 35.9 Å². The van der Waals surface area contributed by atoms with Crippen molar-refractivity contribution < 1.29 is 13.9 Å². The van der Waals surface area contributed by atoms with Crippen molar-refractivity contribution in [1.29, 1.82) is 0 Å². The van der Waals surface area contributed by atoms with Crippen molar-refractivity contribution in [1.82, 2.24) is 20.4 Å². The van der Waals surface area contributed by atoms with Crippen LogP contribution < -0.4 is 10.6 Å². The van der Waals surface area contributed by atoms with Gasteiger partial charge in [-0.25, -0.2) is 4.79 Å². The van der Waals surface area contributed by atoms with Gasteiger partial charge in [0.25, 0.3) is 0 Å². The Morgan fingerprint density at radius 3 is 2.60 bits per heavy atom. The van der Waals surface area contributed by atoms with Crippen LogP contribution >= 0.6 is 24.0 Å². The van der Waals surface area contributed by atoms with E-state index < -0.39 is 5.97 Å². The molecule has 0 spiro atoms. The van der Waals surface area contributed by atoms with Gasteiger partial charge in [0, 0.05) is 26.0 Å². The number of ether oxygens (including phenoxy) is 1. The van der Waals surface area contributed by atoms with Gasteiger partial charge in [-0.1, -0.05) is 24.3 Å². The third-order valence-corrected chi connectivity index (χ3v) is 4.48.